The molecule has 0 aliphatic heterocycles. The average Bonchev–Trinajstić information content (AvgIpc) is 3.37. The Morgan fingerprint density at radius 3 is 2.53 bits per heavy atom. The molecule has 0 atom stereocenters. The number of hydrogen-bond acceptors (Lipinski definition) is 4. The summed E-state index contributed by atoms with van der Waals surface area (Å²) in [5.41, 5.74) is 7.44. The molecule has 7 heteroatoms. The molecule has 4 aromatic rings. The summed E-state index contributed by atoms with van der Waals surface area (Å²) in [5, 5.41) is 11.5. The van der Waals surface area contributed by atoms with Gasteiger partial charge in [0.25, 0.3) is 0 Å². The van der Waals surface area contributed by atoms with Crippen molar-refractivity contribution >= 4 is 16.9 Å². The summed E-state index contributed by atoms with van der Waals surface area (Å²) >= 11 is 0. The number of H-pyrrole nitrogens is 1. The predicted molar refractivity (Wildman–Crippen MR) is 151 cm³/mol. The number of aromatic amines is 1. The Morgan fingerprint density at radius 1 is 1.08 bits per heavy atom. The normalized spacial score (nSPS) is 13.5. The van der Waals surface area contributed by atoms with Crippen molar-refractivity contribution in [3.05, 3.63) is 58.5 Å². The lowest BCUT2D eigenvalue weighted by atomic mass is 9.92. The number of rotatable bonds is 8. The molecule has 192 valence electrons. The fraction of sp³-hybridized carbons (Fsp3) is 0.448. The topological polar surface area (TPSA) is 70.9 Å². The van der Waals surface area contributed by atoms with E-state index >= 15 is 0 Å². The first-order valence-electron chi connectivity index (χ1n) is 13.2. The zero-order valence-electron chi connectivity index (χ0n) is 22.6. The van der Waals surface area contributed by atoms with E-state index in [-0.39, 0.29) is 5.69 Å². The summed E-state index contributed by atoms with van der Waals surface area (Å²) in [6.07, 6.45) is 4.39. The van der Waals surface area contributed by atoms with Gasteiger partial charge in [-0.15, -0.1) is 0 Å². The largest absolute Gasteiger partial charge is 0.368 e. The number of anilines is 1. The molecule has 1 fully saturated rings. The molecule has 7 nitrogen and oxygen atoms in total. The van der Waals surface area contributed by atoms with E-state index in [0.29, 0.717) is 6.04 Å². The minimum Gasteiger partial charge on any atom is -0.368 e. The van der Waals surface area contributed by atoms with Crippen LogP contribution in [0.5, 0.6) is 0 Å². The molecule has 1 aliphatic carbocycles. The third kappa shape index (κ3) is 4.98. The van der Waals surface area contributed by atoms with Crippen LogP contribution in [0.25, 0.3) is 33.4 Å². The van der Waals surface area contributed by atoms with Crippen molar-refractivity contribution in [2.24, 2.45) is 7.05 Å². The van der Waals surface area contributed by atoms with Crippen molar-refractivity contribution in [2.75, 3.05) is 32.5 Å². The number of nitrogens with zero attached hydrogens (tertiary/aromatic N) is 4. The Morgan fingerprint density at radius 2 is 1.86 bits per heavy atom. The van der Waals surface area contributed by atoms with Gasteiger partial charge >= 0.3 is 5.69 Å². The van der Waals surface area contributed by atoms with Crippen LogP contribution in [0.3, 0.4) is 0 Å². The molecule has 2 aromatic heterocycles. The van der Waals surface area contributed by atoms with Gasteiger partial charge in [0.05, 0.1) is 22.3 Å². The number of fused-ring (bicyclic) bond motifs is 1. The Hall–Kier alpha value is -3.32. The third-order valence-electron chi connectivity index (χ3n) is 6.97. The van der Waals surface area contributed by atoms with Crippen LogP contribution in [-0.4, -0.2) is 51.4 Å². The molecule has 0 spiro atoms. The highest BCUT2D eigenvalue weighted by Crippen LogP contribution is 2.39. The highest BCUT2D eigenvalue weighted by Gasteiger charge is 2.25. The molecule has 0 bridgehead atoms. The number of nitrogens with one attached hydrogen (secondary N) is 2. The van der Waals surface area contributed by atoms with Gasteiger partial charge in [-0.25, -0.2) is 4.79 Å². The van der Waals surface area contributed by atoms with E-state index in [9.17, 15) is 4.79 Å². The van der Waals surface area contributed by atoms with Crippen LogP contribution in [0.15, 0.2) is 47.3 Å². The first-order valence-corrected chi connectivity index (χ1v) is 13.2. The first kappa shape index (κ1) is 25.8. The molecule has 0 radical (unpaired) electrons. The zero-order chi connectivity index (χ0) is 25.8. The summed E-state index contributed by atoms with van der Waals surface area (Å²) in [6.45, 7) is 7.95. The summed E-state index contributed by atoms with van der Waals surface area (Å²) < 4.78 is 3.77. The van der Waals surface area contributed by atoms with Crippen molar-refractivity contribution < 1.29 is 0 Å². The molecule has 5 rings (SSSR count). The van der Waals surface area contributed by atoms with Gasteiger partial charge in [-0.1, -0.05) is 43.7 Å². The van der Waals surface area contributed by atoms with Crippen molar-refractivity contribution in [3.63, 3.8) is 0 Å². The van der Waals surface area contributed by atoms with E-state index in [1.54, 1.807) is 4.57 Å². The van der Waals surface area contributed by atoms with Crippen LogP contribution in [0.4, 0.5) is 5.82 Å². The van der Waals surface area contributed by atoms with Gasteiger partial charge in [0.2, 0.25) is 0 Å². The van der Waals surface area contributed by atoms with E-state index in [2.05, 4.69) is 83.9 Å². The summed E-state index contributed by atoms with van der Waals surface area (Å²) in [6, 6.07) is 15.2. The Balaban J connectivity index is 0.00000148. The molecule has 0 saturated heterocycles. The third-order valence-corrected chi connectivity index (χ3v) is 6.97. The molecule has 0 unspecified atom stereocenters. The van der Waals surface area contributed by atoms with Crippen molar-refractivity contribution in [1.29, 1.82) is 0 Å². The van der Waals surface area contributed by atoms with Crippen LogP contribution in [0, 0.1) is 6.92 Å². The molecule has 36 heavy (non-hydrogen) atoms. The molecule has 1 aliphatic rings. The van der Waals surface area contributed by atoms with E-state index in [0.717, 1.165) is 71.6 Å². The van der Waals surface area contributed by atoms with Gasteiger partial charge in [-0.2, -0.15) is 5.10 Å². The molecule has 2 heterocycles. The van der Waals surface area contributed by atoms with Gasteiger partial charge in [-0.3, -0.25) is 14.2 Å². The fourth-order valence-corrected chi connectivity index (χ4v) is 4.88. The second kappa shape index (κ2) is 11.2. The average molecular weight is 489 g/mol. The quantitative estimate of drug-likeness (QED) is 0.307. The molecule has 0 amide bonds. The summed E-state index contributed by atoms with van der Waals surface area (Å²) in [4.78, 5) is 15.2. The molecule has 2 aromatic carbocycles. The lowest BCUT2D eigenvalue weighted by Gasteiger charge is -2.26. The van der Waals surface area contributed by atoms with Gasteiger partial charge in [0.1, 0.15) is 0 Å². The Kier molecular flexibility index (Phi) is 7.99. The smallest absolute Gasteiger partial charge is 0.329 e. The Labute approximate surface area is 214 Å². The maximum atomic E-state index is 13.0. The molecular formula is C29H40N6O. The van der Waals surface area contributed by atoms with Crippen molar-refractivity contribution in [2.45, 2.75) is 52.5 Å². The van der Waals surface area contributed by atoms with Crippen molar-refractivity contribution in [1.82, 2.24) is 24.2 Å². The van der Waals surface area contributed by atoms with Gasteiger partial charge in [0.15, 0.2) is 5.82 Å². The highest BCUT2D eigenvalue weighted by atomic mass is 16.1. The van der Waals surface area contributed by atoms with Crippen LogP contribution in [-0.2, 0) is 7.05 Å². The van der Waals surface area contributed by atoms with Crippen LogP contribution < -0.4 is 11.0 Å². The van der Waals surface area contributed by atoms with Gasteiger partial charge < -0.3 is 10.2 Å². The standard InChI is InChI=1S/C27H34N6O.C2H6/c1-18-8-5-9-20(16-18)25-24(26(30-29-25)28-14-7-15-31(2)3)19-12-13-22-23(17-19)32(4)27(34)33(22)21-10-6-11-21;1-2/h5,8-9,12-13,16-17,21H,6-7,10-11,14-15H2,1-4H3,(H2,28,29,30);1-2H3. The van der Waals surface area contributed by atoms with Crippen molar-refractivity contribution in [3.8, 4) is 22.4 Å². The van der Waals surface area contributed by atoms with Gasteiger partial charge in [0, 0.05) is 25.2 Å². The second-order valence-electron chi connectivity index (χ2n) is 9.78. The Bertz CT molecular complexity index is 1370. The monoisotopic (exact) mass is 488 g/mol. The first-order chi connectivity index (χ1) is 17.4. The molecular weight excluding hydrogens is 448 g/mol. The summed E-state index contributed by atoms with van der Waals surface area (Å²) in [5.74, 6) is 0.845. The van der Waals surface area contributed by atoms with Gasteiger partial charge in [-0.05, 0) is 77.0 Å². The van der Waals surface area contributed by atoms with Crippen LogP contribution >= 0.6 is 0 Å². The number of benzene rings is 2. The number of imidazole rings is 1. The minimum atomic E-state index is 0.0741. The van der Waals surface area contributed by atoms with Crippen LogP contribution in [0.1, 0.15) is 51.1 Å². The van der Waals surface area contributed by atoms with E-state index < -0.39 is 0 Å². The minimum absolute atomic E-state index is 0.0741. The number of aryl methyl sites for hydroxylation is 2. The lowest BCUT2D eigenvalue weighted by Crippen LogP contribution is -2.29. The van der Waals surface area contributed by atoms with E-state index in [1.165, 1.54) is 12.0 Å². The molecule has 1 saturated carbocycles. The summed E-state index contributed by atoms with van der Waals surface area (Å²) in [7, 11) is 6.05. The number of aromatic nitrogens is 4. The zero-order valence-corrected chi connectivity index (χ0v) is 22.6. The van der Waals surface area contributed by atoms with E-state index in [4.69, 9.17) is 0 Å². The number of hydrogen-bond donors (Lipinski definition) is 2. The van der Waals surface area contributed by atoms with Crippen LogP contribution in [0.2, 0.25) is 0 Å². The van der Waals surface area contributed by atoms with E-state index in [1.807, 2.05) is 25.5 Å². The molecule has 2 N–H and O–H groups in total. The maximum Gasteiger partial charge on any atom is 0.329 e. The predicted octanol–water partition coefficient (Wildman–Crippen LogP) is 5.82. The maximum absolute atomic E-state index is 13.0. The highest BCUT2D eigenvalue weighted by molar-refractivity contribution is 5.92. The fourth-order valence-electron chi connectivity index (χ4n) is 4.88. The lowest BCUT2D eigenvalue weighted by molar-refractivity contribution is 0.312. The SMILES string of the molecule is CC.Cc1cccc(-c2[nH]nc(NCCCN(C)C)c2-c2ccc3c(c2)n(C)c(=O)n3C2CCC2)c1. The second-order valence-corrected chi connectivity index (χ2v) is 9.78.